The number of hydrogen-bond acceptors (Lipinski definition) is 4. The summed E-state index contributed by atoms with van der Waals surface area (Å²) >= 11 is 0. The summed E-state index contributed by atoms with van der Waals surface area (Å²) < 4.78 is 5.37. The molecule has 0 unspecified atom stereocenters. The minimum Gasteiger partial charge on any atom is -0.482 e. The molecule has 1 fully saturated rings. The summed E-state index contributed by atoms with van der Waals surface area (Å²) in [6, 6.07) is 8.96. The largest absolute Gasteiger partial charge is 0.482 e. The van der Waals surface area contributed by atoms with Crippen molar-refractivity contribution in [2.24, 2.45) is 0 Å². The number of para-hydroxylation sites is 1. The second-order valence-electron chi connectivity index (χ2n) is 4.97. The molecule has 1 aliphatic rings. The van der Waals surface area contributed by atoms with Crippen LogP contribution in [0.4, 0.5) is 0 Å². The molecule has 106 valence electrons. The van der Waals surface area contributed by atoms with E-state index in [1.807, 2.05) is 6.07 Å². The topological polar surface area (TPSA) is 82.3 Å². The fourth-order valence-corrected chi connectivity index (χ4v) is 2.32. The summed E-state index contributed by atoms with van der Waals surface area (Å²) in [5.41, 5.74) is 0.418. The van der Waals surface area contributed by atoms with E-state index in [0.717, 1.165) is 25.7 Å². The molecule has 5 heteroatoms. The predicted octanol–water partition coefficient (Wildman–Crippen LogP) is 1.36. The van der Waals surface area contributed by atoms with Crippen molar-refractivity contribution >= 4 is 5.91 Å². The van der Waals surface area contributed by atoms with Gasteiger partial charge in [-0.3, -0.25) is 4.79 Å². The number of hydrogen-bond donors (Lipinski definition) is 2. The number of ether oxygens (including phenoxy) is 1. The molecule has 1 aromatic rings. The van der Waals surface area contributed by atoms with E-state index in [0.29, 0.717) is 11.3 Å². The number of nitrogens with zero attached hydrogens (tertiary/aromatic N) is 1. The number of carbonyl (C=O) groups is 1. The van der Waals surface area contributed by atoms with Crippen molar-refractivity contribution in [3.63, 3.8) is 0 Å². The van der Waals surface area contributed by atoms with E-state index in [1.54, 1.807) is 24.3 Å². The highest BCUT2D eigenvalue weighted by molar-refractivity contribution is 5.77. The zero-order chi connectivity index (χ0) is 14.4. The van der Waals surface area contributed by atoms with Gasteiger partial charge in [-0.05, 0) is 37.8 Å². The van der Waals surface area contributed by atoms with E-state index >= 15 is 0 Å². The Morgan fingerprint density at radius 2 is 2.05 bits per heavy atom. The molecule has 0 bridgehead atoms. The summed E-state index contributed by atoms with van der Waals surface area (Å²) in [4.78, 5) is 11.8. The van der Waals surface area contributed by atoms with Crippen LogP contribution in [0.2, 0.25) is 0 Å². The van der Waals surface area contributed by atoms with Crippen LogP contribution in [-0.4, -0.2) is 29.8 Å². The fraction of sp³-hybridized carbons (Fsp3) is 0.467. The normalized spacial score (nSPS) is 21.8. The van der Waals surface area contributed by atoms with Crippen LogP contribution in [0.3, 0.4) is 0 Å². The standard InChI is InChI=1S/C15H18N2O3/c16-9-11-3-1-2-4-14(11)20-10-15(19)17-12-5-7-13(18)8-6-12/h1-4,12-13,18H,5-8,10H2,(H,17,19). The van der Waals surface area contributed by atoms with Crippen molar-refractivity contribution in [1.82, 2.24) is 5.32 Å². The molecule has 20 heavy (non-hydrogen) atoms. The Hall–Kier alpha value is -2.06. The summed E-state index contributed by atoms with van der Waals surface area (Å²) in [5, 5.41) is 21.2. The molecule has 0 heterocycles. The molecule has 2 N–H and O–H groups in total. The van der Waals surface area contributed by atoms with Gasteiger partial charge in [0.25, 0.3) is 5.91 Å². The van der Waals surface area contributed by atoms with Crippen LogP contribution in [0.5, 0.6) is 5.75 Å². The van der Waals surface area contributed by atoms with Crippen molar-refractivity contribution < 1.29 is 14.6 Å². The third-order valence-corrected chi connectivity index (χ3v) is 3.43. The number of carbonyl (C=O) groups excluding carboxylic acids is 1. The molecule has 0 radical (unpaired) electrons. The van der Waals surface area contributed by atoms with Gasteiger partial charge in [0.2, 0.25) is 0 Å². The van der Waals surface area contributed by atoms with Gasteiger partial charge >= 0.3 is 0 Å². The number of nitriles is 1. The molecule has 1 amide bonds. The van der Waals surface area contributed by atoms with Crippen molar-refractivity contribution in [2.45, 2.75) is 37.8 Å². The fourth-order valence-electron chi connectivity index (χ4n) is 2.32. The first-order valence-corrected chi connectivity index (χ1v) is 6.78. The Labute approximate surface area is 118 Å². The van der Waals surface area contributed by atoms with Gasteiger partial charge in [0.05, 0.1) is 11.7 Å². The minimum absolute atomic E-state index is 0.0995. The third-order valence-electron chi connectivity index (χ3n) is 3.43. The molecule has 1 aliphatic carbocycles. The van der Waals surface area contributed by atoms with Gasteiger partial charge in [0.15, 0.2) is 6.61 Å². The maximum atomic E-state index is 11.8. The van der Waals surface area contributed by atoms with Crippen LogP contribution < -0.4 is 10.1 Å². The molecule has 2 rings (SSSR count). The highest BCUT2D eigenvalue weighted by Crippen LogP contribution is 2.19. The SMILES string of the molecule is N#Cc1ccccc1OCC(=O)NC1CCC(O)CC1. The van der Waals surface area contributed by atoms with Crippen molar-refractivity contribution in [3.8, 4) is 11.8 Å². The molecule has 0 spiro atoms. The lowest BCUT2D eigenvalue weighted by Crippen LogP contribution is -2.40. The Balaban J connectivity index is 1.79. The molecule has 1 aromatic carbocycles. The molecular formula is C15H18N2O3. The maximum absolute atomic E-state index is 11.8. The Morgan fingerprint density at radius 1 is 1.35 bits per heavy atom. The van der Waals surface area contributed by atoms with Gasteiger partial charge in [-0.1, -0.05) is 12.1 Å². The van der Waals surface area contributed by atoms with Crippen molar-refractivity contribution in [1.29, 1.82) is 5.26 Å². The van der Waals surface area contributed by atoms with Crippen LogP contribution >= 0.6 is 0 Å². The monoisotopic (exact) mass is 274 g/mol. The molecule has 0 aromatic heterocycles. The van der Waals surface area contributed by atoms with E-state index in [9.17, 15) is 9.90 Å². The van der Waals surface area contributed by atoms with Gasteiger partial charge in [0, 0.05) is 6.04 Å². The average molecular weight is 274 g/mol. The average Bonchev–Trinajstić information content (AvgIpc) is 2.48. The number of aliphatic hydroxyl groups is 1. The molecule has 0 aliphatic heterocycles. The number of nitrogens with one attached hydrogen (secondary N) is 1. The van der Waals surface area contributed by atoms with E-state index < -0.39 is 0 Å². The first kappa shape index (κ1) is 14.4. The van der Waals surface area contributed by atoms with Crippen molar-refractivity contribution in [2.75, 3.05) is 6.61 Å². The molecule has 0 saturated heterocycles. The van der Waals surface area contributed by atoms with E-state index in [1.165, 1.54) is 0 Å². The maximum Gasteiger partial charge on any atom is 0.258 e. The molecular weight excluding hydrogens is 256 g/mol. The minimum atomic E-state index is -0.234. The second-order valence-corrected chi connectivity index (χ2v) is 4.97. The number of aliphatic hydroxyl groups excluding tert-OH is 1. The second kappa shape index (κ2) is 6.92. The Bertz CT molecular complexity index is 502. The van der Waals surface area contributed by atoms with E-state index in [-0.39, 0.29) is 24.7 Å². The van der Waals surface area contributed by atoms with Crippen LogP contribution in [-0.2, 0) is 4.79 Å². The summed E-state index contributed by atoms with van der Waals surface area (Å²) in [7, 11) is 0. The van der Waals surface area contributed by atoms with Gasteiger partial charge in [-0.25, -0.2) is 0 Å². The zero-order valence-corrected chi connectivity index (χ0v) is 11.2. The van der Waals surface area contributed by atoms with Gasteiger partial charge in [0.1, 0.15) is 11.8 Å². The van der Waals surface area contributed by atoms with Crippen molar-refractivity contribution in [3.05, 3.63) is 29.8 Å². The van der Waals surface area contributed by atoms with Crippen LogP contribution in [0.1, 0.15) is 31.2 Å². The summed E-state index contributed by atoms with van der Waals surface area (Å²) in [6.07, 6.45) is 2.80. The van der Waals surface area contributed by atoms with Gasteiger partial charge < -0.3 is 15.2 Å². The quantitative estimate of drug-likeness (QED) is 0.868. The predicted molar refractivity (Wildman–Crippen MR) is 73.1 cm³/mol. The zero-order valence-electron chi connectivity index (χ0n) is 11.2. The molecule has 0 atom stereocenters. The smallest absolute Gasteiger partial charge is 0.258 e. The highest BCUT2D eigenvalue weighted by Gasteiger charge is 2.20. The van der Waals surface area contributed by atoms with Crippen LogP contribution in [0.15, 0.2) is 24.3 Å². The van der Waals surface area contributed by atoms with E-state index in [2.05, 4.69) is 5.32 Å². The third kappa shape index (κ3) is 3.97. The summed E-state index contributed by atoms with van der Waals surface area (Å²) in [6.45, 7) is -0.0995. The molecule has 5 nitrogen and oxygen atoms in total. The van der Waals surface area contributed by atoms with Crippen LogP contribution in [0.25, 0.3) is 0 Å². The molecule has 1 saturated carbocycles. The van der Waals surface area contributed by atoms with Gasteiger partial charge in [-0.2, -0.15) is 5.26 Å². The van der Waals surface area contributed by atoms with E-state index in [4.69, 9.17) is 10.00 Å². The summed E-state index contributed by atoms with van der Waals surface area (Å²) in [5.74, 6) is 0.225. The lowest BCUT2D eigenvalue weighted by Gasteiger charge is -2.26. The number of rotatable bonds is 4. The first-order chi connectivity index (χ1) is 9.69. The van der Waals surface area contributed by atoms with Gasteiger partial charge in [-0.15, -0.1) is 0 Å². The Morgan fingerprint density at radius 3 is 2.75 bits per heavy atom. The Kier molecular flexibility index (Phi) is 4.97. The first-order valence-electron chi connectivity index (χ1n) is 6.78. The number of amides is 1. The highest BCUT2D eigenvalue weighted by atomic mass is 16.5. The lowest BCUT2D eigenvalue weighted by atomic mass is 9.93. The van der Waals surface area contributed by atoms with Crippen LogP contribution in [0, 0.1) is 11.3 Å². The number of benzene rings is 1. The lowest BCUT2D eigenvalue weighted by molar-refractivity contribution is -0.124.